The van der Waals surface area contributed by atoms with E-state index in [0.29, 0.717) is 0 Å². The topological polar surface area (TPSA) is 105 Å². The normalized spacial score (nSPS) is 20.4. The average Bonchev–Trinajstić information content (AvgIpc) is 3.31. The fourth-order valence-electron chi connectivity index (χ4n) is 4.19. The van der Waals surface area contributed by atoms with Gasteiger partial charge in [-0.25, -0.2) is 9.50 Å². The molecule has 1 aliphatic carbocycles. The first kappa shape index (κ1) is 19.6. The lowest BCUT2D eigenvalue weighted by molar-refractivity contribution is -0.161. The number of halogens is 3. The van der Waals surface area contributed by atoms with Crippen molar-refractivity contribution in [1.82, 2.24) is 29.7 Å². The van der Waals surface area contributed by atoms with Gasteiger partial charge in [-0.2, -0.15) is 13.2 Å². The minimum Gasteiger partial charge on any atom is -0.346 e. The van der Waals surface area contributed by atoms with Crippen LogP contribution < -0.4 is 5.73 Å². The summed E-state index contributed by atoms with van der Waals surface area (Å²) in [4.78, 5) is 20.4. The quantitative estimate of drug-likeness (QED) is 0.630. The summed E-state index contributed by atoms with van der Waals surface area (Å²) in [7, 11) is 0. The number of aromatic nitrogens is 5. The number of fused-ring (bicyclic) bond motifs is 3. The van der Waals surface area contributed by atoms with Crippen molar-refractivity contribution in [2.75, 3.05) is 13.2 Å². The third-order valence-electron chi connectivity index (χ3n) is 5.63. The Morgan fingerprint density at radius 3 is 2.76 bits per heavy atom. The SMILES string of the molecule is NCN(C[C@H]1CC[C@H](c2nnn3cnc4[nH]ccc4c23)CC1)C(=O)CC(F)(F)F. The van der Waals surface area contributed by atoms with Crippen molar-refractivity contribution >= 4 is 22.5 Å². The number of amides is 1. The average molecular weight is 409 g/mol. The van der Waals surface area contributed by atoms with E-state index in [-0.39, 0.29) is 25.0 Å². The summed E-state index contributed by atoms with van der Waals surface area (Å²) in [6, 6.07) is 1.95. The smallest absolute Gasteiger partial charge is 0.346 e. The summed E-state index contributed by atoms with van der Waals surface area (Å²) in [6.07, 6.45) is 0.717. The van der Waals surface area contributed by atoms with Crippen molar-refractivity contribution in [2.45, 2.75) is 44.2 Å². The predicted octanol–water partition coefficient (Wildman–Crippen LogP) is 2.58. The molecule has 0 atom stereocenters. The van der Waals surface area contributed by atoms with Gasteiger partial charge in [0.15, 0.2) is 0 Å². The van der Waals surface area contributed by atoms with Gasteiger partial charge in [-0.3, -0.25) is 4.79 Å². The van der Waals surface area contributed by atoms with Crippen LogP contribution in [0.1, 0.15) is 43.7 Å². The Bertz CT molecular complexity index is 1000. The molecule has 3 heterocycles. The molecular formula is C18H22F3N7O. The van der Waals surface area contributed by atoms with Crippen LogP contribution >= 0.6 is 0 Å². The maximum Gasteiger partial charge on any atom is 0.397 e. The summed E-state index contributed by atoms with van der Waals surface area (Å²) >= 11 is 0. The van der Waals surface area contributed by atoms with Gasteiger partial charge in [0.05, 0.1) is 12.4 Å². The molecular weight excluding hydrogens is 387 g/mol. The standard InChI is InChI=1S/C18H22F3N7O/c19-18(20,21)7-14(29)27(9-22)8-11-1-3-12(4-2-11)15-16-13-5-6-23-17(13)24-10-28(16)26-25-15/h5-6,10-12,23H,1-4,7-9,22H2/t11-,12-. The van der Waals surface area contributed by atoms with Gasteiger partial charge in [-0.05, 0) is 37.7 Å². The van der Waals surface area contributed by atoms with Gasteiger partial charge in [0.1, 0.15) is 23.9 Å². The van der Waals surface area contributed by atoms with Crippen LogP contribution in [0.25, 0.3) is 16.6 Å². The van der Waals surface area contributed by atoms with Crippen LogP contribution in [0.15, 0.2) is 18.6 Å². The summed E-state index contributed by atoms with van der Waals surface area (Å²) in [6.45, 7) is 0.0508. The molecule has 11 heteroatoms. The molecule has 1 aliphatic rings. The molecule has 0 radical (unpaired) electrons. The fourth-order valence-corrected chi connectivity index (χ4v) is 4.19. The number of hydrogen-bond donors (Lipinski definition) is 2. The first-order valence-corrected chi connectivity index (χ1v) is 9.57. The van der Waals surface area contributed by atoms with Gasteiger partial charge in [0, 0.05) is 24.0 Å². The maximum absolute atomic E-state index is 12.5. The molecule has 29 heavy (non-hydrogen) atoms. The number of nitrogens with one attached hydrogen (secondary N) is 1. The number of rotatable bonds is 5. The minimum absolute atomic E-state index is 0.128. The first-order valence-electron chi connectivity index (χ1n) is 9.57. The molecule has 8 nitrogen and oxygen atoms in total. The minimum atomic E-state index is -4.52. The van der Waals surface area contributed by atoms with Crippen LogP contribution in [0, 0.1) is 5.92 Å². The second-order valence-electron chi connectivity index (χ2n) is 7.56. The number of nitrogens with zero attached hydrogens (tertiary/aromatic N) is 5. The highest BCUT2D eigenvalue weighted by Gasteiger charge is 2.34. The molecule has 0 bridgehead atoms. The Morgan fingerprint density at radius 2 is 2.07 bits per heavy atom. The van der Waals surface area contributed by atoms with Crippen molar-refractivity contribution in [1.29, 1.82) is 0 Å². The van der Waals surface area contributed by atoms with Crippen LogP contribution in [0.3, 0.4) is 0 Å². The number of hydrogen-bond acceptors (Lipinski definition) is 5. The zero-order valence-electron chi connectivity index (χ0n) is 15.7. The van der Waals surface area contributed by atoms with Crippen LogP contribution in [0.5, 0.6) is 0 Å². The van der Waals surface area contributed by atoms with Crippen molar-refractivity contribution in [3.63, 3.8) is 0 Å². The highest BCUT2D eigenvalue weighted by Crippen LogP contribution is 2.38. The van der Waals surface area contributed by atoms with Crippen LogP contribution in [-0.2, 0) is 4.79 Å². The maximum atomic E-state index is 12.5. The Kier molecular flexibility index (Phi) is 5.15. The molecule has 0 spiro atoms. The van der Waals surface area contributed by atoms with E-state index in [1.54, 1.807) is 10.8 Å². The van der Waals surface area contributed by atoms with E-state index in [1.807, 2.05) is 12.3 Å². The first-order chi connectivity index (χ1) is 13.9. The lowest BCUT2D eigenvalue weighted by atomic mass is 9.80. The molecule has 0 unspecified atom stereocenters. The molecule has 3 N–H and O–H groups in total. The second kappa shape index (κ2) is 7.62. The number of H-pyrrole nitrogens is 1. The predicted molar refractivity (Wildman–Crippen MR) is 98.8 cm³/mol. The second-order valence-corrected chi connectivity index (χ2v) is 7.56. The number of carbonyl (C=O) groups excluding carboxylic acids is 1. The van der Waals surface area contributed by atoms with Crippen LogP contribution in [-0.4, -0.2) is 55.0 Å². The van der Waals surface area contributed by atoms with E-state index in [2.05, 4.69) is 20.3 Å². The third kappa shape index (κ3) is 4.04. The van der Waals surface area contributed by atoms with Crippen LogP contribution in [0.4, 0.5) is 13.2 Å². The summed E-state index contributed by atoms with van der Waals surface area (Å²) in [5.74, 6) is -0.627. The lowest BCUT2D eigenvalue weighted by Crippen LogP contribution is -2.41. The Morgan fingerprint density at radius 1 is 1.31 bits per heavy atom. The Labute approximate surface area is 164 Å². The highest BCUT2D eigenvalue weighted by molar-refractivity contribution is 5.92. The van der Waals surface area contributed by atoms with Gasteiger partial charge in [-0.1, -0.05) is 5.21 Å². The molecule has 0 saturated heterocycles. The van der Waals surface area contributed by atoms with Crippen molar-refractivity contribution in [3.8, 4) is 0 Å². The molecule has 0 aliphatic heterocycles. The van der Waals surface area contributed by atoms with E-state index in [9.17, 15) is 18.0 Å². The molecule has 1 saturated carbocycles. The number of nitrogens with two attached hydrogens (primary N) is 1. The molecule has 156 valence electrons. The Hall–Kier alpha value is -2.69. The Balaban J connectivity index is 1.43. The molecule has 0 aromatic carbocycles. The third-order valence-corrected chi connectivity index (χ3v) is 5.63. The van der Waals surface area contributed by atoms with Crippen molar-refractivity contribution in [3.05, 3.63) is 24.3 Å². The number of alkyl halides is 3. The highest BCUT2D eigenvalue weighted by atomic mass is 19.4. The molecule has 3 aromatic rings. The van der Waals surface area contributed by atoms with Gasteiger partial charge in [0.2, 0.25) is 5.91 Å². The molecule has 1 fully saturated rings. The number of carbonyl (C=O) groups is 1. The summed E-state index contributed by atoms with van der Waals surface area (Å²) < 4.78 is 39.2. The molecule has 4 rings (SSSR count). The van der Waals surface area contributed by atoms with Crippen molar-refractivity contribution in [2.24, 2.45) is 11.7 Å². The van der Waals surface area contributed by atoms with E-state index < -0.39 is 18.5 Å². The zero-order chi connectivity index (χ0) is 20.6. The molecule has 3 aromatic heterocycles. The van der Waals surface area contributed by atoms with E-state index >= 15 is 0 Å². The largest absolute Gasteiger partial charge is 0.397 e. The van der Waals surface area contributed by atoms with Gasteiger partial charge in [-0.15, -0.1) is 5.10 Å². The van der Waals surface area contributed by atoms with E-state index in [0.717, 1.165) is 52.8 Å². The number of aromatic amines is 1. The lowest BCUT2D eigenvalue weighted by Gasteiger charge is -2.32. The summed E-state index contributed by atoms with van der Waals surface area (Å²) in [5, 5.41) is 9.50. The molecule has 1 amide bonds. The zero-order valence-corrected chi connectivity index (χ0v) is 15.7. The van der Waals surface area contributed by atoms with Crippen molar-refractivity contribution < 1.29 is 18.0 Å². The fraction of sp³-hybridized carbons (Fsp3) is 0.556. The van der Waals surface area contributed by atoms with Gasteiger partial charge < -0.3 is 15.6 Å². The monoisotopic (exact) mass is 409 g/mol. The van der Waals surface area contributed by atoms with E-state index in [1.165, 1.54) is 0 Å². The van der Waals surface area contributed by atoms with Gasteiger partial charge in [0.25, 0.3) is 0 Å². The summed E-state index contributed by atoms with van der Waals surface area (Å²) in [5.41, 5.74) is 8.15. The van der Waals surface area contributed by atoms with Crippen LogP contribution in [0.2, 0.25) is 0 Å². The van der Waals surface area contributed by atoms with Gasteiger partial charge >= 0.3 is 6.18 Å². The van der Waals surface area contributed by atoms with E-state index in [4.69, 9.17) is 5.73 Å².